The van der Waals surface area contributed by atoms with Gasteiger partial charge >= 0.3 is 0 Å². The van der Waals surface area contributed by atoms with Crippen molar-refractivity contribution in [2.24, 2.45) is 0 Å². The number of carbonyl (C=O) groups excluding carboxylic acids is 1. The van der Waals surface area contributed by atoms with E-state index in [-0.39, 0.29) is 11.3 Å². The molecular formula is C16H22N2O. The Labute approximate surface area is 115 Å². The van der Waals surface area contributed by atoms with Crippen molar-refractivity contribution in [1.29, 1.82) is 0 Å². The van der Waals surface area contributed by atoms with E-state index in [4.69, 9.17) is 0 Å². The third-order valence-electron chi connectivity index (χ3n) is 4.63. The molecule has 1 fully saturated rings. The van der Waals surface area contributed by atoms with Gasteiger partial charge in [-0.25, -0.2) is 0 Å². The summed E-state index contributed by atoms with van der Waals surface area (Å²) in [6.45, 7) is 8.45. The number of fused-ring (bicyclic) bond motifs is 2. The molecule has 1 amide bonds. The van der Waals surface area contributed by atoms with Crippen LogP contribution in [0.2, 0.25) is 0 Å². The van der Waals surface area contributed by atoms with E-state index in [9.17, 15) is 4.79 Å². The van der Waals surface area contributed by atoms with E-state index in [2.05, 4.69) is 49.2 Å². The van der Waals surface area contributed by atoms with Gasteiger partial charge in [-0.1, -0.05) is 12.1 Å². The van der Waals surface area contributed by atoms with Crippen molar-refractivity contribution >= 4 is 11.6 Å². The van der Waals surface area contributed by atoms with Gasteiger partial charge in [0.05, 0.1) is 5.41 Å². The van der Waals surface area contributed by atoms with Crippen LogP contribution in [0.1, 0.15) is 37.8 Å². The number of benzene rings is 1. The highest BCUT2D eigenvalue weighted by atomic mass is 16.2. The molecular weight excluding hydrogens is 236 g/mol. The first kappa shape index (κ1) is 12.7. The van der Waals surface area contributed by atoms with E-state index in [1.807, 2.05) is 0 Å². The number of anilines is 1. The lowest BCUT2D eigenvalue weighted by molar-refractivity contribution is -0.123. The summed E-state index contributed by atoms with van der Waals surface area (Å²) in [5.41, 5.74) is 3.11. The normalized spacial score (nSPS) is 26.8. The predicted molar refractivity (Wildman–Crippen MR) is 77.4 cm³/mol. The Morgan fingerprint density at radius 3 is 2.89 bits per heavy atom. The Morgan fingerprint density at radius 2 is 2.16 bits per heavy atom. The number of nitrogens with zero attached hydrogens (tertiary/aromatic N) is 1. The molecule has 2 heterocycles. The molecule has 1 unspecified atom stereocenters. The standard InChI is InChI=1S/C16H22N2O/c1-11(2)18-8-4-7-16(10-18)13-6-5-12(3)9-14(13)17-15(16)19/h5-6,9,11H,4,7-8,10H2,1-3H3,(H,17,19). The molecule has 3 nitrogen and oxygen atoms in total. The first-order valence-electron chi connectivity index (χ1n) is 7.19. The van der Waals surface area contributed by atoms with Crippen LogP contribution >= 0.6 is 0 Å². The molecule has 3 heteroatoms. The third kappa shape index (κ3) is 1.88. The quantitative estimate of drug-likeness (QED) is 0.840. The lowest BCUT2D eigenvalue weighted by Gasteiger charge is -2.41. The second kappa shape index (κ2) is 4.34. The summed E-state index contributed by atoms with van der Waals surface area (Å²) in [6, 6.07) is 6.86. The Hall–Kier alpha value is -1.35. The SMILES string of the molecule is Cc1ccc2c(c1)NC(=O)C21CCCN(C(C)C)C1. The molecule has 1 atom stereocenters. The smallest absolute Gasteiger partial charge is 0.236 e. The number of hydrogen-bond donors (Lipinski definition) is 1. The van der Waals surface area contributed by atoms with E-state index in [1.165, 1.54) is 11.1 Å². The highest BCUT2D eigenvalue weighted by Gasteiger charge is 2.49. The molecule has 1 spiro atoms. The molecule has 3 rings (SSSR count). The maximum atomic E-state index is 12.5. The molecule has 2 aliphatic rings. The molecule has 1 aromatic carbocycles. The number of amides is 1. The summed E-state index contributed by atoms with van der Waals surface area (Å²) in [7, 11) is 0. The molecule has 0 aromatic heterocycles. The lowest BCUT2D eigenvalue weighted by Crippen LogP contribution is -2.51. The fourth-order valence-electron chi connectivity index (χ4n) is 3.48. The second-order valence-corrected chi connectivity index (χ2v) is 6.25. The van der Waals surface area contributed by atoms with Gasteiger partial charge in [-0.3, -0.25) is 9.69 Å². The van der Waals surface area contributed by atoms with E-state index in [0.717, 1.165) is 31.6 Å². The van der Waals surface area contributed by atoms with Crippen molar-refractivity contribution in [1.82, 2.24) is 4.90 Å². The highest BCUT2D eigenvalue weighted by molar-refractivity contribution is 6.06. The third-order valence-corrected chi connectivity index (χ3v) is 4.63. The number of rotatable bonds is 1. The summed E-state index contributed by atoms with van der Waals surface area (Å²) < 4.78 is 0. The molecule has 1 aromatic rings. The van der Waals surface area contributed by atoms with Gasteiger partial charge in [0, 0.05) is 18.3 Å². The Kier molecular flexibility index (Phi) is 2.90. The van der Waals surface area contributed by atoms with E-state index < -0.39 is 0 Å². The average molecular weight is 258 g/mol. The number of nitrogens with one attached hydrogen (secondary N) is 1. The van der Waals surface area contributed by atoms with Crippen molar-refractivity contribution in [3.8, 4) is 0 Å². The zero-order valence-electron chi connectivity index (χ0n) is 12.0. The summed E-state index contributed by atoms with van der Waals surface area (Å²) in [5, 5.41) is 3.09. The monoisotopic (exact) mass is 258 g/mol. The van der Waals surface area contributed by atoms with Gasteiger partial charge in [-0.2, -0.15) is 0 Å². The van der Waals surface area contributed by atoms with Gasteiger partial charge in [-0.05, 0) is 57.4 Å². The van der Waals surface area contributed by atoms with Gasteiger partial charge in [0.2, 0.25) is 5.91 Å². The van der Waals surface area contributed by atoms with E-state index in [1.54, 1.807) is 0 Å². The van der Waals surface area contributed by atoms with Crippen molar-refractivity contribution < 1.29 is 4.79 Å². The van der Waals surface area contributed by atoms with Crippen LogP contribution in [0.5, 0.6) is 0 Å². The second-order valence-electron chi connectivity index (χ2n) is 6.25. The van der Waals surface area contributed by atoms with Crippen LogP contribution in [0.25, 0.3) is 0 Å². The van der Waals surface area contributed by atoms with Gasteiger partial charge in [-0.15, -0.1) is 0 Å². The van der Waals surface area contributed by atoms with Gasteiger partial charge in [0.25, 0.3) is 0 Å². The number of likely N-dealkylation sites (tertiary alicyclic amines) is 1. The number of piperidine rings is 1. The maximum absolute atomic E-state index is 12.5. The van der Waals surface area contributed by atoms with Crippen LogP contribution in [-0.4, -0.2) is 29.9 Å². The summed E-state index contributed by atoms with van der Waals surface area (Å²) in [6.07, 6.45) is 2.07. The van der Waals surface area contributed by atoms with Crippen molar-refractivity contribution in [3.05, 3.63) is 29.3 Å². The molecule has 0 radical (unpaired) electrons. The predicted octanol–water partition coefficient (Wildman–Crippen LogP) is 2.69. The number of aryl methyl sites for hydroxylation is 1. The fraction of sp³-hybridized carbons (Fsp3) is 0.562. The average Bonchev–Trinajstić information content (AvgIpc) is 2.62. The Morgan fingerprint density at radius 1 is 1.37 bits per heavy atom. The zero-order chi connectivity index (χ0) is 13.6. The minimum atomic E-state index is -0.314. The summed E-state index contributed by atoms with van der Waals surface area (Å²) in [5.74, 6) is 0.193. The fourth-order valence-corrected chi connectivity index (χ4v) is 3.48. The van der Waals surface area contributed by atoms with Gasteiger partial charge in [0.1, 0.15) is 0 Å². The van der Waals surface area contributed by atoms with Gasteiger partial charge < -0.3 is 5.32 Å². The molecule has 1 saturated heterocycles. The van der Waals surface area contributed by atoms with E-state index in [0.29, 0.717) is 6.04 Å². The lowest BCUT2D eigenvalue weighted by atomic mass is 9.74. The Bertz CT molecular complexity index is 523. The molecule has 1 N–H and O–H groups in total. The minimum absolute atomic E-state index is 0.193. The molecule has 102 valence electrons. The van der Waals surface area contributed by atoms with Crippen LogP contribution in [0.4, 0.5) is 5.69 Å². The molecule has 0 saturated carbocycles. The van der Waals surface area contributed by atoms with Crippen LogP contribution < -0.4 is 5.32 Å². The highest BCUT2D eigenvalue weighted by Crippen LogP contribution is 2.44. The van der Waals surface area contributed by atoms with Crippen LogP contribution in [-0.2, 0) is 10.2 Å². The van der Waals surface area contributed by atoms with Crippen LogP contribution in [0.15, 0.2) is 18.2 Å². The van der Waals surface area contributed by atoms with Gasteiger partial charge in [0.15, 0.2) is 0 Å². The van der Waals surface area contributed by atoms with E-state index >= 15 is 0 Å². The van der Waals surface area contributed by atoms with Crippen LogP contribution in [0.3, 0.4) is 0 Å². The molecule has 0 bridgehead atoms. The number of carbonyl (C=O) groups is 1. The summed E-state index contributed by atoms with van der Waals surface area (Å²) in [4.78, 5) is 15.0. The first-order chi connectivity index (χ1) is 9.03. The van der Waals surface area contributed by atoms with Crippen molar-refractivity contribution in [2.75, 3.05) is 18.4 Å². The number of hydrogen-bond acceptors (Lipinski definition) is 2. The summed E-state index contributed by atoms with van der Waals surface area (Å²) >= 11 is 0. The largest absolute Gasteiger partial charge is 0.325 e. The topological polar surface area (TPSA) is 32.3 Å². The minimum Gasteiger partial charge on any atom is -0.325 e. The molecule has 2 aliphatic heterocycles. The van der Waals surface area contributed by atoms with Crippen molar-refractivity contribution in [2.45, 2.75) is 45.1 Å². The first-order valence-corrected chi connectivity index (χ1v) is 7.19. The molecule has 19 heavy (non-hydrogen) atoms. The zero-order valence-corrected chi connectivity index (χ0v) is 12.0. The maximum Gasteiger partial charge on any atom is 0.236 e. The van der Waals surface area contributed by atoms with Crippen molar-refractivity contribution in [3.63, 3.8) is 0 Å². The van der Waals surface area contributed by atoms with Crippen LogP contribution in [0, 0.1) is 6.92 Å². The molecule has 0 aliphatic carbocycles. The Balaban J connectivity index is 2.02.